The lowest BCUT2D eigenvalue weighted by Crippen LogP contribution is -2.25. The second-order valence-electron chi connectivity index (χ2n) is 6.15. The number of benzene rings is 1. The number of nitrogens with one attached hydrogen (secondary N) is 3. The van der Waals surface area contributed by atoms with Crippen LogP contribution < -0.4 is 21.1 Å². The summed E-state index contributed by atoms with van der Waals surface area (Å²) in [7, 11) is -3.79. The predicted octanol–water partition coefficient (Wildman–Crippen LogP) is 1.64. The van der Waals surface area contributed by atoms with Crippen LogP contribution in [-0.2, 0) is 14.8 Å². The van der Waals surface area contributed by atoms with Crippen molar-refractivity contribution in [3.05, 3.63) is 35.8 Å². The molecule has 1 aliphatic rings. The summed E-state index contributed by atoms with van der Waals surface area (Å²) in [5, 5.41) is 5.05. The Morgan fingerprint density at radius 3 is 2.82 bits per heavy atom. The fraction of sp³-hybridized carbons (Fsp3) is 0.312. The number of sulfonamides is 1. The SMILES string of the molecule is CCCS(=O)(=O)Nc1ccc(F)c(NC(=O)C2CNc3c(N)ncnc32)c1F. The summed E-state index contributed by atoms with van der Waals surface area (Å²) in [6.07, 6.45) is 1.51. The molecule has 1 atom stereocenters. The van der Waals surface area contributed by atoms with E-state index in [9.17, 15) is 22.0 Å². The van der Waals surface area contributed by atoms with E-state index in [1.165, 1.54) is 6.33 Å². The highest BCUT2D eigenvalue weighted by Gasteiger charge is 2.33. The molecule has 1 amide bonds. The van der Waals surface area contributed by atoms with Gasteiger partial charge in [-0.05, 0) is 18.6 Å². The molecule has 1 aromatic heterocycles. The molecule has 12 heteroatoms. The fourth-order valence-corrected chi connectivity index (χ4v) is 3.95. The Kier molecular flexibility index (Phi) is 5.31. The van der Waals surface area contributed by atoms with E-state index in [1.54, 1.807) is 6.92 Å². The van der Waals surface area contributed by atoms with Gasteiger partial charge in [0.05, 0.1) is 28.7 Å². The largest absolute Gasteiger partial charge is 0.382 e. The molecule has 0 fully saturated rings. The van der Waals surface area contributed by atoms with Crippen molar-refractivity contribution in [2.75, 3.05) is 33.4 Å². The van der Waals surface area contributed by atoms with Crippen LogP contribution in [0.2, 0.25) is 0 Å². The Labute approximate surface area is 159 Å². The van der Waals surface area contributed by atoms with Gasteiger partial charge in [-0.15, -0.1) is 0 Å². The highest BCUT2D eigenvalue weighted by molar-refractivity contribution is 7.92. The molecule has 0 aliphatic carbocycles. The van der Waals surface area contributed by atoms with Gasteiger partial charge in [0.25, 0.3) is 0 Å². The van der Waals surface area contributed by atoms with E-state index in [4.69, 9.17) is 5.73 Å². The number of rotatable bonds is 6. The number of nitrogen functional groups attached to an aromatic ring is 1. The van der Waals surface area contributed by atoms with Crippen molar-refractivity contribution in [2.45, 2.75) is 19.3 Å². The molecule has 9 nitrogen and oxygen atoms in total. The third-order valence-electron chi connectivity index (χ3n) is 4.11. The Hall–Kier alpha value is -3.02. The van der Waals surface area contributed by atoms with Gasteiger partial charge in [0.15, 0.2) is 11.6 Å². The van der Waals surface area contributed by atoms with Crippen molar-refractivity contribution >= 4 is 38.8 Å². The minimum atomic E-state index is -3.79. The second kappa shape index (κ2) is 7.54. The highest BCUT2D eigenvalue weighted by atomic mass is 32.2. The van der Waals surface area contributed by atoms with E-state index in [0.29, 0.717) is 17.8 Å². The van der Waals surface area contributed by atoms with Crippen molar-refractivity contribution in [3.8, 4) is 0 Å². The smallest absolute Gasteiger partial charge is 0.235 e. The first-order chi connectivity index (χ1) is 13.2. The fourth-order valence-electron chi connectivity index (χ4n) is 2.82. The molecule has 3 rings (SSSR count). The molecule has 1 aromatic carbocycles. The molecule has 28 heavy (non-hydrogen) atoms. The molecule has 2 heterocycles. The summed E-state index contributed by atoms with van der Waals surface area (Å²) < 4.78 is 54.6. The van der Waals surface area contributed by atoms with Crippen molar-refractivity contribution in [1.29, 1.82) is 0 Å². The molecule has 5 N–H and O–H groups in total. The van der Waals surface area contributed by atoms with E-state index in [2.05, 4.69) is 25.3 Å². The van der Waals surface area contributed by atoms with Gasteiger partial charge in [0.1, 0.15) is 17.8 Å². The number of aromatic nitrogens is 2. The van der Waals surface area contributed by atoms with Crippen LogP contribution in [-0.4, -0.2) is 36.6 Å². The molecular weight excluding hydrogens is 394 g/mol. The first-order valence-corrected chi connectivity index (χ1v) is 10.0. The molecule has 1 unspecified atom stereocenters. The average Bonchev–Trinajstić information content (AvgIpc) is 3.06. The highest BCUT2D eigenvalue weighted by Crippen LogP contribution is 2.34. The van der Waals surface area contributed by atoms with E-state index in [-0.39, 0.29) is 18.1 Å². The molecule has 0 radical (unpaired) electrons. The number of fused-ring (bicyclic) bond motifs is 1. The van der Waals surface area contributed by atoms with Crippen LogP contribution in [0.4, 0.5) is 31.7 Å². The summed E-state index contributed by atoms with van der Waals surface area (Å²) in [5.74, 6) is -3.91. The third kappa shape index (κ3) is 3.81. The van der Waals surface area contributed by atoms with Gasteiger partial charge in [-0.25, -0.2) is 27.2 Å². The summed E-state index contributed by atoms with van der Waals surface area (Å²) in [6.45, 7) is 1.77. The van der Waals surface area contributed by atoms with Gasteiger partial charge < -0.3 is 16.4 Å². The van der Waals surface area contributed by atoms with Crippen molar-refractivity contribution in [3.63, 3.8) is 0 Å². The standard InChI is InChI=1S/C16H18F2N6O3S/c1-2-5-28(26,27)24-10-4-3-9(17)13(11(10)18)23-16(25)8-6-20-14-12(8)21-7-22-15(14)19/h3-4,7-8,20,24H,2,5-6H2,1H3,(H,23,25)(H2,19,21,22). The maximum absolute atomic E-state index is 14.7. The molecule has 0 bridgehead atoms. The van der Waals surface area contributed by atoms with E-state index in [1.807, 2.05) is 0 Å². The van der Waals surface area contributed by atoms with Crippen LogP contribution in [0.5, 0.6) is 0 Å². The lowest BCUT2D eigenvalue weighted by Gasteiger charge is -2.15. The van der Waals surface area contributed by atoms with E-state index >= 15 is 0 Å². The van der Waals surface area contributed by atoms with Gasteiger partial charge in [-0.1, -0.05) is 6.92 Å². The quantitative estimate of drug-likeness (QED) is 0.565. The normalized spacial score (nSPS) is 15.6. The van der Waals surface area contributed by atoms with Gasteiger partial charge in [0, 0.05) is 6.54 Å². The molecule has 150 valence electrons. The summed E-state index contributed by atoms with van der Waals surface area (Å²) in [4.78, 5) is 20.4. The Morgan fingerprint density at radius 1 is 1.36 bits per heavy atom. The van der Waals surface area contributed by atoms with Gasteiger partial charge in [-0.2, -0.15) is 0 Å². The Bertz CT molecular complexity index is 1030. The third-order valence-corrected chi connectivity index (χ3v) is 5.59. The summed E-state index contributed by atoms with van der Waals surface area (Å²) in [5.41, 5.74) is 5.20. The molecular formula is C16H18F2N6O3S. The molecule has 0 saturated carbocycles. The predicted molar refractivity (Wildman–Crippen MR) is 100 cm³/mol. The van der Waals surface area contributed by atoms with Crippen LogP contribution in [0.1, 0.15) is 25.0 Å². The zero-order valence-corrected chi connectivity index (χ0v) is 15.6. The van der Waals surface area contributed by atoms with Crippen LogP contribution >= 0.6 is 0 Å². The molecule has 0 spiro atoms. The van der Waals surface area contributed by atoms with Gasteiger partial charge in [-0.3, -0.25) is 9.52 Å². The lowest BCUT2D eigenvalue weighted by atomic mass is 10.1. The topological polar surface area (TPSA) is 139 Å². The zero-order chi connectivity index (χ0) is 20.5. The van der Waals surface area contributed by atoms with Crippen LogP contribution in [0.25, 0.3) is 0 Å². The number of carbonyl (C=O) groups is 1. The van der Waals surface area contributed by atoms with Crippen molar-refractivity contribution in [1.82, 2.24) is 9.97 Å². The number of amides is 1. The first kappa shape index (κ1) is 19.7. The maximum Gasteiger partial charge on any atom is 0.235 e. The number of nitrogens with zero attached hydrogens (tertiary/aromatic N) is 2. The Morgan fingerprint density at radius 2 is 2.11 bits per heavy atom. The number of anilines is 4. The first-order valence-electron chi connectivity index (χ1n) is 8.37. The van der Waals surface area contributed by atoms with Gasteiger partial charge >= 0.3 is 0 Å². The minimum absolute atomic E-state index is 0.121. The number of hydrogen-bond donors (Lipinski definition) is 4. The maximum atomic E-state index is 14.7. The van der Waals surface area contributed by atoms with Gasteiger partial charge in [0.2, 0.25) is 15.9 Å². The van der Waals surface area contributed by atoms with Crippen molar-refractivity contribution in [2.24, 2.45) is 0 Å². The van der Waals surface area contributed by atoms with Crippen molar-refractivity contribution < 1.29 is 22.0 Å². The van der Waals surface area contributed by atoms with Crippen LogP contribution in [0, 0.1) is 11.6 Å². The number of carbonyl (C=O) groups excluding carboxylic acids is 1. The van der Waals surface area contributed by atoms with Crippen LogP contribution in [0.3, 0.4) is 0 Å². The Balaban J connectivity index is 1.86. The average molecular weight is 412 g/mol. The number of halogens is 2. The molecule has 0 saturated heterocycles. The minimum Gasteiger partial charge on any atom is -0.382 e. The number of nitrogens with two attached hydrogens (primary N) is 1. The lowest BCUT2D eigenvalue weighted by molar-refractivity contribution is -0.117. The second-order valence-corrected chi connectivity index (χ2v) is 7.99. The summed E-state index contributed by atoms with van der Waals surface area (Å²) in [6, 6.07) is 1.82. The van der Waals surface area contributed by atoms with E-state index in [0.717, 1.165) is 12.1 Å². The molecule has 1 aliphatic heterocycles. The summed E-state index contributed by atoms with van der Waals surface area (Å²) >= 11 is 0. The molecule has 2 aromatic rings. The number of hydrogen-bond acceptors (Lipinski definition) is 7. The monoisotopic (exact) mass is 412 g/mol. The zero-order valence-electron chi connectivity index (χ0n) is 14.8. The van der Waals surface area contributed by atoms with E-state index < -0.39 is 44.9 Å². The van der Waals surface area contributed by atoms with Crippen LogP contribution in [0.15, 0.2) is 18.5 Å².